The maximum Gasteiger partial charge on any atom is 0.317 e. The summed E-state index contributed by atoms with van der Waals surface area (Å²) in [6, 6.07) is 5.55. The van der Waals surface area contributed by atoms with Gasteiger partial charge in [-0.1, -0.05) is 13.0 Å². The van der Waals surface area contributed by atoms with Crippen LogP contribution >= 0.6 is 0 Å². The SMILES string of the molecule is CCc1c(F)ccc2cc(O)cc(-c3nc(OC)c4c(CC(C)(C)O)nc(OC[C@@]56CCCN5C[C@H](F)C6)nc4c3F)c12. The van der Waals surface area contributed by atoms with Gasteiger partial charge in [0.25, 0.3) is 0 Å². The van der Waals surface area contributed by atoms with Crippen LogP contribution in [0.3, 0.4) is 0 Å². The number of benzene rings is 2. The second-order valence-corrected chi connectivity index (χ2v) is 12.3. The number of phenolic OH excluding ortho intramolecular Hbond substituents is 1. The van der Waals surface area contributed by atoms with Crippen LogP contribution in [0.4, 0.5) is 13.2 Å². The number of aliphatic hydroxyl groups is 1. The van der Waals surface area contributed by atoms with Crippen molar-refractivity contribution in [2.75, 3.05) is 26.8 Å². The number of phenols is 1. The molecule has 0 radical (unpaired) electrons. The van der Waals surface area contributed by atoms with Crippen LogP contribution in [0.2, 0.25) is 0 Å². The Morgan fingerprint density at radius 3 is 2.65 bits per heavy atom. The Hall–Kier alpha value is -3.70. The number of hydrogen-bond donors (Lipinski definition) is 2. The number of fused-ring (bicyclic) bond motifs is 3. The van der Waals surface area contributed by atoms with Gasteiger partial charge in [0.05, 0.1) is 29.3 Å². The minimum absolute atomic E-state index is 0.000213. The Morgan fingerprint density at radius 2 is 1.93 bits per heavy atom. The number of aromatic hydroxyl groups is 1. The summed E-state index contributed by atoms with van der Waals surface area (Å²) in [4.78, 5) is 15.6. The Labute approximate surface area is 247 Å². The molecule has 2 aromatic carbocycles. The lowest BCUT2D eigenvalue weighted by atomic mass is 9.94. The molecule has 2 aliphatic heterocycles. The number of hydrogen-bond acceptors (Lipinski definition) is 8. The zero-order chi connectivity index (χ0) is 30.7. The van der Waals surface area contributed by atoms with Crippen molar-refractivity contribution in [3.63, 3.8) is 0 Å². The van der Waals surface area contributed by atoms with Crippen molar-refractivity contribution in [1.82, 2.24) is 19.9 Å². The van der Waals surface area contributed by atoms with Gasteiger partial charge in [0, 0.05) is 24.9 Å². The van der Waals surface area contributed by atoms with E-state index in [9.17, 15) is 19.0 Å². The molecule has 4 heterocycles. The van der Waals surface area contributed by atoms with E-state index in [1.165, 1.54) is 31.4 Å². The highest BCUT2D eigenvalue weighted by Crippen LogP contribution is 2.42. The molecule has 2 N–H and O–H groups in total. The third kappa shape index (κ3) is 5.22. The van der Waals surface area contributed by atoms with Crippen LogP contribution < -0.4 is 9.47 Å². The third-order valence-corrected chi connectivity index (χ3v) is 8.59. The van der Waals surface area contributed by atoms with Crippen LogP contribution in [0.15, 0.2) is 24.3 Å². The molecule has 6 rings (SSSR count). The molecule has 4 aromatic rings. The summed E-state index contributed by atoms with van der Waals surface area (Å²) in [6.07, 6.45) is 1.42. The summed E-state index contributed by atoms with van der Waals surface area (Å²) in [5.41, 5.74) is -1.27. The zero-order valence-electron chi connectivity index (χ0n) is 24.7. The third-order valence-electron chi connectivity index (χ3n) is 8.59. The molecule has 0 aliphatic carbocycles. The molecule has 43 heavy (non-hydrogen) atoms. The van der Waals surface area contributed by atoms with E-state index >= 15 is 4.39 Å². The summed E-state index contributed by atoms with van der Waals surface area (Å²) in [5.74, 6) is -1.44. The zero-order valence-corrected chi connectivity index (χ0v) is 24.7. The lowest BCUT2D eigenvalue weighted by Gasteiger charge is -2.31. The molecule has 2 saturated heterocycles. The van der Waals surface area contributed by atoms with Gasteiger partial charge >= 0.3 is 6.01 Å². The molecular formula is C32H35F3N4O4. The predicted octanol–water partition coefficient (Wildman–Crippen LogP) is 5.67. The average molecular weight is 597 g/mol. The molecule has 0 unspecified atom stereocenters. The molecule has 8 nitrogen and oxygen atoms in total. The first-order valence-corrected chi connectivity index (χ1v) is 14.6. The molecule has 0 spiro atoms. The standard InChI is InChI=1S/C32H35F3N4O4/c1-5-20-22(34)8-7-17-11-19(40)12-21(24(17)20)27-26(35)28-25(29(37-27)42-4)23(14-31(2,3)41)36-30(38-28)43-16-32-9-6-10-39(32)15-18(33)13-32/h7-8,11-12,18,40-41H,5-6,9-10,13-16H2,1-4H3/t18-,32+/m1/s1. The quantitative estimate of drug-likeness (QED) is 0.269. The molecule has 11 heteroatoms. The summed E-state index contributed by atoms with van der Waals surface area (Å²) in [7, 11) is 1.38. The average Bonchev–Trinajstić information content (AvgIpc) is 3.47. The van der Waals surface area contributed by atoms with E-state index in [1.807, 2.05) is 0 Å². The minimum atomic E-state index is -1.23. The Balaban J connectivity index is 1.56. The Morgan fingerprint density at radius 1 is 1.14 bits per heavy atom. The smallest absolute Gasteiger partial charge is 0.317 e. The van der Waals surface area contributed by atoms with E-state index in [2.05, 4.69) is 19.9 Å². The summed E-state index contributed by atoms with van der Waals surface area (Å²) < 4.78 is 57.7. The fraction of sp³-hybridized carbons (Fsp3) is 0.469. The monoisotopic (exact) mass is 596 g/mol. The van der Waals surface area contributed by atoms with Gasteiger partial charge in [-0.05, 0) is 74.2 Å². The first kappa shape index (κ1) is 29.4. The molecule has 0 amide bonds. The molecule has 228 valence electrons. The van der Waals surface area contributed by atoms with Gasteiger partial charge in [-0.3, -0.25) is 4.90 Å². The highest BCUT2D eigenvalue weighted by molar-refractivity contribution is 6.01. The van der Waals surface area contributed by atoms with Gasteiger partial charge in [-0.25, -0.2) is 18.2 Å². The maximum atomic E-state index is 16.7. The van der Waals surface area contributed by atoms with Gasteiger partial charge in [-0.15, -0.1) is 0 Å². The molecule has 2 fully saturated rings. The van der Waals surface area contributed by atoms with Gasteiger partial charge < -0.3 is 19.7 Å². The normalized spacial score (nSPS) is 20.7. The van der Waals surface area contributed by atoms with Crippen molar-refractivity contribution in [3.8, 4) is 28.9 Å². The van der Waals surface area contributed by atoms with Crippen LogP contribution in [0.1, 0.15) is 51.3 Å². The highest BCUT2D eigenvalue weighted by atomic mass is 19.1. The lowest BCUT2D eigenvalue weighted by Crippen LogP contribution is -2.43. The van der Waals surface area contributed by atoms with Crippen LogP contribution in [0.5, 0.6) is 17.6 Å². The summed E-state index contributed by atoms with van der Waals surface area (Å²) in [5, 5.41) is 22.3. The highest BCUT2D eigenvalue weighted by Gasteiger charge is 2.49. The number of ether oxygens (including phenoxy) is 2. The van der Waals surface area contributed by atoms with Crippen molar-refractivity contribution in [1.29, 1.82) is 0 Å². The minimum Gasteiger partial charge on any atom is -0.508 e. The number of aryl methyl sites for hydroxylation is 1. The number of rotatable bonds is 8. The number of aromatic nitrogens is 3. The van der Waals surface area contributed by atoms with Crippen LogP contribution in [-0.4, -0.2) is 74.2 Å². The maximum absolute atomic E-state index is 16.7. The second kappa shape index (κ2) is 10.8. The molecule has 0 bridgehead atoms. The molecule has 2 atom stereocenters. The number of halogens is 3. The van der Waals surface area contributed by atoms with Crippen LogP contribution in [0.25, 0.3) is 32.9 Å². The summed E-state index contributed by atoms with van der Waals surface area (Å²) >= 11 is 0. The second-order valence-electron chi connectivity index (χ2n) is 12.3. The van der Waals surface area contributed by atoms with E-state index in [0.29, 0.717) is 35.7 Å². The van der Waals surface area contributed by atoms with Crippen LogP contribution in [0, 0.1) is 11.6 Å². The van der Waals surface area contributed by atoms with Gasteiger partial charge in [0.1, 0.15) is 35.6 Å². The number of pyridine rings is 1. The topological polar surface area (TPSA) is 101 Å². The Bertz CT molecular complexity index is 1730. The van der Waals surface area contributed by atoms with E-state index < -0.39 is 28.9 Å². The fourth-order valence-corrected chi connectivity index (χ4v) is 6.80. The van der Waals surface area contributed by atoms with Gasteiger partial charge in [-0.2, -0.15) is 9.97 Å². The van der Waals surface area contributed by atoms with Crippen molar-refractivity contribution in [3.05, 3.63) is 47.2 Å². The largest absolute Gasteiger partial charge is 0.508 e. The number of alkyl halides is 1. The first-order chi connectivity index (χ1) is 20.4. The molecule has 0 saturated carbocycles. The fourth-order valence-electron chi connectivity index (χ4n) is 6.80. The van der Waals surface area contributed by atoms with Gasteiger partial charge in [0.15, 0.2) is 5.82 Å². The lowest BCUT2D eigenvalue weighted by molar-refractivity contribution is 0.0794. The van der Waals surface area contributed by atoms with Gasteiger partial charge in [0.2, 0.25) is 5.88 Å². The van der Waals surface area contributed by atoms with E-state index in [1.54, 1.807) is 20.8 Å². The van der Waals surface area contributed by atoms with E-state index in [-0.39, 0.29) is 58.5 Å². The predicted molar refractivity (Wildman–Crippen MR) is 156 cm³/mol. The number of methoxy groups -OCH3 is 1. The molecular weight excluding hydrogens is 561 g/mol. The molecule has 2 aromatic heterocycles. The number of nitrogens with zero attached hydrogens (tertiary/aromatic N) is 4. The van der Waals surface area contributed by atoms with E-state index in [4.69, 9.17) is 9.47 Å². The van der Waals surface area contributed by atoms with Crippen molar-refractivity contribution < 1.29 is 32.9 Å². The Kier molecular flexibility index (Phi) is 7.37. The van der Waals surface area contributed by atoms with Crippen molar-refractivity contribution in [2.45, 2.75) is 70.2 Å². The van der Waals surface area contributed by atoms with E-state index in [0.717, 1.165) is 19.4 Å². The van der Waals surface area contributed by atoms with Crippen LogP contribution in [-0.2, 0) is 12.8 Å². The summed E-state index contributed by atoms with van der Waals surface area (Å²) in [6.45, 7) is 6.26. The molecule has 2 aliphatic rings. The van der Waals surface area contributed by atoms with Crippen molar-refractivity contribution in [2.24, 2.45) is 0 Å². The first-order valence-electron chi connectivity index (χ1n) is 14.6. The van der Waals surface area contributed by atoms with Crippen molar-refractivity contribution >= 4 is 21.7 Å².